The van der Waals surface area contributed by atoms with E-state index in [1.165, 1.54) is 6.42 Å². The minimum atomic E-state index is -0.211. The van der Waals surface area contributed by atoms with Crippen LogP contribution in [0.3, 0.4) is 0 Å². The molecule has 0 aromatic rings. The van der Waals surface area contributed by atoms with Gasteiger partial charge in [-0.15, -0.1) is 11.8 Å². The molecule has 0 radical (unpaired) electrons. The van der Waals surface area contributed by atoms with E-state index in [4.69, 9.17) is 0 Å². The molecule has 1 aliphatic carbocycles. The molecule has 0 aromatic carbocycles. The van der Waals surface area contributed by atoms with Gasteiger partial charge in [0.25, 0.3) is 0 Å². The average Bonchev–Trinajstić information content (AvgIpc) is 3.30. The molecule has 5 nitrogen and oxygen atoms in total. The van der Waals surface area contributed by atoms with E-state index < -0.39 is 0 Å². The van der Waals surface area contributed by atoms with Crippen molar-refractivity contribution in [1.82, 2.24) is 15.1 Å². The summed E-state index contributed by atoms with van der Waals surface area (Å²) in [6.45, 7) is 2.78. The van der Waals surface area contributed by atoms with Gasteiger partial charge in [0.2, 0.25) is 11.8 Å². The Bertz CT molecular complexity index is 446. The summed E-state index contributed by atoms with van der Waals surface area (Å²) in [7, 11) is 1.99. The van der Waals surface area contributed by atoms with Crippen molar-refractivity contribution in [2.45, 2.75) is 51.0 Å². The minimum absolute atomic E-state index is 0.172. The van der Waals surface area contributed by atoms with E-state index in [0.717, 1.165) is 69.8 Å². The maximum absolute atomic E-state index is 13.0. The average molecular weight is 354 g/mol. The van der Waals surface area contributed by atoms with E-state index in [1.54, 1.807) is 11.8 Å². The highest BCUT2D eigenvalue weighted by Crippen LogP contribution is 2.32. The molecule has 3 fully saturated rings. The van der Waals surface area contributed by atoms with Gasteiger partial charge in [-0.1, -0.05) is 12.8 Å². The fourth-order valence-corrected chi connectivity index (χ4v) is 5.43. The lowest BCUT2D eigenvalue weighted by Crippen LogP contribution is -2.52. The summed E-state index contributed by atoms with van der Waals surface area (Å²) in [6, 6.07) is -0.211. The molecule has 0 spiro atoms. The van der Waals surface area contributed by atoms with Gasteiger partial charge in [-0.25, -0.2) is 0 Å². The second-order valence-corrected chi connectivity index (χ2v) is 8.47. The van der Waals surface area contributed by atoms with Crippen molar-refractivity contribution in [1.29, 1.82) is 0 Å². The van der Waals surface area contributed by atoms with Crippen LogP contribution in [0.2, 0.25) is 0 Å². The monoisotopic (exact) mass is 353 g/mol. The van der Waals surface area contributed by atoms with Crippen molar-refractivity contribution in [3.8, 4) is 0 Å². The minimum Gasteiger partial charge on any atom is -0.341 e. The van der Waals surface area contributed by atoms with Gasteiger partial charge in [-0.05, 0) is 51.6 Å². The molecule has 136 valence electrons. The van der Waals surface area contributed by atoms with Crippen LogP contribution in [0.15, 0.2) is 0 Å². The highest BCUT2D eigenvalue weighted by molar-refractivity contribution is 7.99. The Morgan fingerprint density at radius 3 is 2.46 bits per heavy atom. The Balaban J connectivity index is 1.53. The van der Waals surface area contributed by atoms with Crippen molar-refractivity contribution in [2.75, 3.05) is 38.3 Å². The fourth-order valence-electron chi connectivity index (χ4n) is 4.27. The number of nitrogens with zero attached hydrogens (tertiary/aromatic N) is 2. The second kappa shape index (κ2) is 8.56. The summed E-state index contributed by atoms with van der Waals surface area (Å²) in [5.41, 5.74) is 0. The topological polar surface area (TPSA) is 52.7 Å². The van der Waals surface area contributed by atoms with Crippen molar-refractivity contribution < 1.29 is 9.59 Å². The van der Waals surface area contributed by atoms with Crippen molar-refractivity contribution in [2.24, 2.45) is 11.8 Å². The lowest BCUT2D eigenvalue weighted by atomic mass is 9.93. The Kier molecular flexibility index (Phi) is 6.44. The van der Waals surface area contributed by atoms with Crippen LogP contribution in [0.4, 0.5) is 0 Å². The van der Waals surface area contributed by atoms with Crippen LogP contribution in [0.5, 0.6) is 0 Å². The summed E-state index contributed by atoms with van der Waals surface area (Å²) in [4.78, 5) is 29.6. The summed E-state index contributed by atoms with van der Waals surface area (Å²) < 4.78 is 0. The lowest BCUT2D eigenvalue weighted by molar-refractivity contribution is -0.146. The summed E-state index contributed by atoms with van der Waals surface area (Å²) in [5.74, 6) is 2.81. The van der Waals surface area contributed by atoms with Crippen LogP contribution in [0, 0.1) is 11.8 Å². The number of carbonyl (C=O) groups is 2. The number of carbonyl (C=O) groups excluding carboxylic acids is 2. The van der Waals surface area contributed by atoms with Crippen LogP contribution in [0.25, 0.3) is 0 Å². The molecule has 1 unspecified atom stereocenters. The first-order chi connectivity index (χ1) is 11.7. The molecule has 3 rings (SSSR count). The third kappa shape index (κ3) is 4.07. The fraction of sp³-hybridized carbons (Fsp3) is 0.889. The van der Waals surface area contributed by atoms with Gasteiger partial charge in [0.15, 0.2) is 0 Å². The summed E-state index contributed by atoms with van der Waals surface area (Å²) in [5, 5.41) is 3.21. The number of likely N-dealkylation sites (tertiary alicyclic amines) is 1. The van der Waals surface area contributed by atoms with Crippen LogP contribution in [-0.4, -0.2) is 66.0 Å². The maximum atomic E-state index is 13.0. The molecule has 2 saturated heterocycles. The zero-order chi connectivity index (χ0) is 16.9. The van der Waals surface area contributed by atoms with Gasteiger partial charge in [-0.2, -0.15) is 0 Å². The van der Waals surface area contributed by atoms with Crippen molar-refractivity contribution >= 4 is 23.6 Å². The molecule has 1 saturated carbocycles. The van der Waals surface area contributed by atoms with E-state index in [0.29, 0.717) is 5.88 Å². The first kappa shape index (κ1) is 18.1. The molecule has 24 heavy (non-hydrogen) atoms. The first-order valence-corrected chi connectivity index (χ1v) is 10.7. The molecule has 0 bridgehead atoms. The maximum Gasteiger partial charge on any atom is 0.246 e. The van der Waals surface area contributed by atoms with Crippen LogP contribution >= 0.6 is 11.8 Å². The van der Waals surface area contributed by atoms with Crippen molar-refractivity contribution in [3.05, 3.63) is 0 Å². The molecule has 6 heteroatoms. The van der Waals surface area contributed by atoms with Crippen LogP contribution in [0.1, 0.15) is 44.9 Å². The summed E-state index contributed by atoms with van der Waals surface area (Å²) in [6.07, 6.45) is 7.75. The van der Waals surface area contributed by atoms with Crippen LogP contribution in [-0.2, 0) is 9.59 Å². The Morgan fingerprint density at radius 2 is 1.79 bits per heavy atom. The largest absolute Gasteiger partial charge is 0.341 e. The molecule has 2 amide bonds. The van der Waals surface area contributed by atoms with Gasteiger partial charge < -0.3 is 15.1 Å². The van der Waals surface area contributed by atoms with E-state index in [1.807, 2.05) is 16.8 Å². The number of hydrogen-bond donors (Lipinski definition) is 1. The normalized spacial score (nSPS) is 26.3. The molecule has 3 aliphatic rings. The number of hydrogen-bond acceptors (Lipinski definition) is 4. The summed E-state index contributed by atoms with van der Waals surface area (Å²) >= 11 is 1.73. The number of amides is 2. The van der Waals surface area contributed by atoms with Gasteiger partial charge in [0.1, 0.15) is 6.04 Å². The van der Waals surface area contributed by atoms with Gasteiger partial charge in [0.05, 0.1) is 5.88 Å². The smallest absolute Gasteiger partial charge is 0.246 e. The van der Waals surface area contributed by atoms with Crippen LogP contribution < -0.4 is 5.32 Å². The van der Waals surface area contributed by atoms with E-state index in [2.05, 4.69) is 5.32 Å². The lowest BCUT2D eigenvalue weighted by Gasteiger charge is -2.35. The molecule has 0 aromatic heterocycles. The van der Waals surface area contributed by atoms with Crippen molar-refractivity contribution in [3.63, 3.8) is 0 Å². The SMILES string of the molecule is CNCCC1CCN(C(=O)C2CSCN2C(=O)C2CCCC2)CC1. The zero-order valence-corrected chi connectivity index (χ0v) is 15.7. The Morgan fingerprint density at radius 1 is 1.08 bits per heavy atom. The molecular weight excluding hydrogens is 322 g/mol. The molecular formula is C18H31N3O2S. The molecule has 1 N–H and O–H groups in total. The predicted molar refractivity (Wildman–Crippen MR) is 97.8 cm³/mol. The van der Waals surface area contributed by atoms with E-state index >= 15 is 0 Å². The Labute approximate surface area is 149 Å². The third-order valence-corrected chi connectivity index (χ3v) is 6.90. The van der Waals surface area contributed by atoms with Gasteiger partial charge in [-0.3, -0.25) is 9.59 Å². The Hall–Kier alpha value is -0.750. The number of thioether (sulfide) groups is 1. The molecule has 2 aliphatic heterocycles. The van der Waals surface area contributed by atoms with Gasteiger partial charge >= 0.3 is 0 Å². The second-order valence-electron chi connectivity index (χ2n) is 7.47. The zero-order valence-electron chi connectivity index (χ0n) is 14.8. The van der Waals surface area contributed by atoms with E-state index in [9.17, 15) is 9.59 Å². The number of rotatable bonds is 5. The predicted octanol–water partition coefficient (Wildman–Crippen LogP) is 1.93. The molecule has 2 heterocycles. The highest BCUT2D eigenvalue weighted by atomic mass is 32.2. The quantitative estimate of drug-likeness (QED) is 0.820. The standard InChI is InChI=1S/C18H31N3O2S/c1-19-9-6-14-7-10-20(11-8-14)18(23)16-12-24-13-21(16)17(22)15-4-2-3-5-15/h14-16,19H,2-13H2,1H3. The van der Waals surface area contributed by atoms with Gasteiger partial charge in [0, 0.05) is 24.8 Å². The number of nitrogens with one attached hydrogen (secondary N) is 1. The number of piperidine rings is 1. The third-order valence-electron chi connectivity index (χ3n) is 5.88. The highest BCUT2D eigenvalue weighted by Gasteiger charge is 2.40. The molecule has 1 atom stereocenters. The first-order valence-electron chi connectivity index (χ1n) is 9.52. The van der Waals surface area contributed by atoms with E-state index in [-0.39, 0.29) is 23.8 Å².